The van der Waals surface area contributed by atoms with Crippen molar-refractivity contribution in [1.82, 2.24) is 4.57 Å². The highest BCUT2D eigenvalue weighted by atomic mass is 16.5. The van der Waals surface area contributed by atoms with Gasteiger partial charge in [-0.05, 0) is 17.5 Å². The van der Waals surface area contributed by atoms with Crippen LogP contribution in [0, 0.1) is 0 Å². The van der Waals surface area contributed by atoms with Gasteiger partial charge in [-0.25, -0.2) is 0 Å². The molecule has 0 saturated carbocycles. The standard InChI is InChI=1S/C14H17NO5/c16-10-7-20-13(12(18)11(10)17)14(19)15-6-5-8-3-1-2-4-9(8)15/h1-6,10-14,16-19H,7H2/t10-,11+,12-,13-,14?/m0/s1. The van der Waals surface area contributed by atoms with Crippen LogP contribution in [0.1, 0.15) is 6.23 Å². The number of hydrogen-bond acceptors (Lipinski definition) is 5. The predicted molar refractivity (Wildman–Crippen MR) is 71.0 cm³/mol. The van der Waals surface area contributed by atoms with Crippen LogP contribution in [-0.4, -0.2) is 56.0 Å². The first-order valence-corrected chi connectivity index (χ1v) is 6.49. The lowest BCUT2D eigenvalue weighted by Gasteiger charge is -2.37. The summed E-state index contributed by atoms with van der Waals surface area (Å²) in [5.41, 5.74) is 0.802. The Hall–Kier alpha value is -1.44. The molecule has 3 rings (SSSR count). The Labute approximate surface area is 115 Å². The molecule has 1 unspecified atom stereocenters. The summed E-state index contributed by atoms with van der Waals surface area (Å²) in [5, 5.41) is 40.4. The molecule has 0 spiro atoms. The number of nitrogens with zero attached hydrogens (tertiary/aromatic N) is 1. The molecule has 0 amide bonds. The fourth-order valence-electron chi connectivity index (χ4n) is 2.58. The Kier molecular flexibility index (Phi) is 3.49. The van der Waals surface area contributed by atoms with Crippen molar-refractivity contribution in [2.75, 3.05) is 6.61 Å². The van der Waals surface area contributed by atoms with E-state index in [9.17, 15) is 20.4 Å². The number of aromatic nitrogens is 1. The zero-order chi connectivity index (χ0) is 14.3. The summed E-state index contributed by atoms with van der Waals surface area (Å²) in [5.74, 6) is 0. The molecule has 0 aliphatic carbocycles. The van der Waals surface area contributed by atoms with Gasteiger partial charge < -0.3 is 29.7 Å². The van der Waals surface area contributed by atoms with Gasteiger partial charge in [0.2, 0.25) is 0 Å². The molecule has 1 fully saturated rings. The van der Waals surface area contributed by atoms with Crippen molar-refractivity contribution in [3.05, 3.63) is 36.5 Å². The van der Waals surface area contributed by atoms with Crippen LogP contribution in [0.5, 0.6) is 0 Å². The minimum atomic E-state index is -1.35. The molecule has 0 bridgehead atoms. The minimum Gasteiger partial charge on any atom is -0.388 e. The molecule has 108 valence electrons. The van der Waals surface area contributed by atoms with Crippen LogP contribution in [0.25, 0.3) is 10.9 Å². The Balaban J connectivity index is 1.90. The summed E-state index contributed by atoms with van der Waals surface area (Å²) < 4.78 is 6.85. The van der Waals surface area contributed by atoms with Gasteiger partial charge in [0.25, 0.3) is 0 Å². The lowest BCUT2D eigenvalue weighted by atomic mass is 9.99. The molecular formula is C14H17NO5. The van der Waals surface area contributed by atoms with Crippen LogP contribution in [0.15, 0.2) is 36.5 Å². The van der Waals surface area contributed by atoms with Crippen molar-refractivity contribution in [2.45, 2.75) is 30.6 Å². The Morgan fingerprint density at radius 2 is 1.85 bits per heavy atom. The topological polar surface area (TPSA) is 95.1 Å². The van der Waals surface area contributed by atoms with Gasteiger partial charge >= 0.3 is 0 Å². The van der Waals surface area contributed by atoms with Gasteiger partial charge in [-0.2, -0.15) is 0 Å². The number of rotatable bonds is 2. The maximum Gasteiger partial charge on any atom is 0.159 e. The maximum absolute atomic E-state index is 10.4. The van der Waals surface area contributed by atoms with E-state index >= 15 is 0 Å². The second kappa shape index (κ2) is 5.16. The number of aliphatic hydroxyl groups is 4. The second-order valence-corrected chi connectivity index (χ2v) is 5.04. The van der Waals surface area contributed by atoms with Gasteiger partial charge in [0, 0.05) is 6.20 Å². The maximum atomic E-state index is 10.4. The summed E-state index contributed by atoms with van der Waals surface area (Å²) in [6.45, 7) is -0.126. The molecule has 1 aromatic carbocycles. The lowest BCUT2D eigenvalue weighted by molar-refractivity contribution is -0.222. The highest BCUT2D eigenvalue weighted by Gasteiger charge is 2.41. The van der Waals surface area contributed by atoms with Crippen LogP contribution in [-0.2, 0) is 4.74 Å². The molecule has 2 aromatic rings. The highest BCUT2D eigenvalue weighted by Crippen LogP contribution is 2.27. The fraction of sp³-hybridized carbons (Fsp3) is 0.429. The zero-order valence-electron chi connectivity index (χ0n) is 10.7. The first-order valence-electron chi connectivity index (χ1n) is 6.49. The van der Waals surface area contributed by atoms with Crippen molar-refractivity contribution >= 4 is 10.9 Å². The van der Waals surface area contributed by atoms with E-state index < -0.39 is 30.6 Å². The van der Waals surface area contributed by atoms with E-state index in [-0.39, 0.29) is 6.61 Å². The van der Waals surface area contributed by atoms with Crippen molar-refractivity contribution in [2.24, 2.45) is 0 Å². The van der Waals surface area contributed by atoms with Crippen LogP contribution < -0.4 is 0 Å². The lowest BCUT2D eigenvalue weighted by Crippen LogP contribution is -2.55. The summed E-state index contributed by atoms with van der Waals surface area (Å²) in [4.78, 5) is 0. The van der Waals surface area contributed by atoms with E-state index in [1.165, 1.54) is 0 Å². The molecular weight excluding hydrogens is 262 g/mol. The molecule has 0 radical (unpaired) electrons. The van der Waals surface area contributed by atoms with Crippen molar-refractivity contribution in [3.8, 4) is 0 Å². The van der Waals surface area contributed by atoms with Crippen LogP contribution in [0.4, 0.5) is 0 Å². The van der Waals surface area contributed by atoms with Gasteiger partial charge in [-0.3, -0.25) is 0 Å². The highest BCUT2D eigenvalue weighted by molar-refractivity contribution is 5.80. The van der Waals surface area contributed by atoms with Crippen molar-refractivity contribution < 1.29 is 25.2 Å². The monoisotopic (exact) mass is 279 g/mol. The van der Waals surface area contributed by atoms with E-state index in [4.69, 9.17) is 4.74 Å². The molecule has 20 heavy (non-hydrogen) atoms. The number of fused-ring (bicyclic) bond motifs is 1. The van der Waals surface area contributed by atoms with Crippen molar-refractivity contribution in [1.29, 1.82) is 0 Å². The first kappa shape index (κ1) is 13.5. The molecule has 1 aromatic heterocycles. The van der Waals surface area contributed by atoms with Crippen LogP contribution >= 0.6 is 0 Å². The van der Waals surface area contributed by atoms with Gasteiger partial charge in [-0.15, -0.1) is 0 Å². The molecule has 4 N–H and O–H groups in total. The molecule has 6 heteroatoms. The SMILES string of the molecule is OC([C@H]1OC[C@H](O)[C@@H](O)[C@@H]1O)n1ccc2ccccc21. The average Bonchev–Trinajstić information content (AvgIpc) is 2.88. The fourth-order valence-corrected chi connectivity index (χ4v) is 2.58. The normalized spacial score (nSPS) is 32.4. The van der Waals surface area contributed by atoms with Gasteiger partial charge in [0.05, 0.1) is 12.1 Å². The minimum absolute atomic E-state index is 0.126. The largest absolute Gasteiger partial charge is 0.388 e. The Bertz CT molecular complexity index is 598. The molecule has 1 aliphatic heterocycles. The van der Waals surface area contributed by atoms with E-state index in [2.05, 4.69) is 0 Å². The number of benzene rings is 1. The summed E-state index contributed by atoms with van der Waals surface area (Å²) in [7, 11) is 0. The molecule has 2 heterocycles. The summed E-state index contributed by atoms with van der Waals surface area (Å²) in [6, 6.07) is 9.35. The number of aliphatic hydroxyl groups excluding tert-OH is 4. The van der Waals surface area contributed by atoms with Gasteiger partial charge in [-0.1, -0.05) is 18.2 Å². The first-order chi connectivity index (χ1) is 9.59. The van der Waals surface area contributed by atoms with E-state index in [1.54, 1.807) is 10.8 Å². The third-order valence-corrected chi connectivity index (χ3v) is 3.75. The Morgan fingerprint density at radius 1 is 1.10 bits per heavy atom. The third-order valence-electron chi connectivity index (χ3n) is 3.75. The smallest absolute Gasteiger partial charge is 0.159 e. The average molecular weight is 279 g/mol. The van der Waals surface area contributed by atoms with Crippen LogP contribution in [0.3, 0.4) is 0 Å². The van der Waals surface area contributed by atoms with Gasteiger partial charge in [0.15, 0.2) is 6.23 Å². The molecule has 5 atom stereocenters. The van der Waals surface area contributed by atoms with E-state index in [1.807, 2.05) is 30.3 Å². The zero-order valence-corrected chi connectivity index (χ0v) is 10.7. The van der Waals surface area contributed by atoms with Crippen LogP contribution in [0.2, 0.25) is 0 Å². The Morgan fingerprint density at radius 3 is 2.65 bits per heavy atom. The van der Waals surface area contributed by atoms with E-state index in [0.29, 0.717) is 0 Å². The number of para-hydroxylation sites is 1. The van der Waals surface area contributed by atoms with Crippen molar-refractivity contribution in [3.63, 3.8) is 0 Å². The third kappa shape index (κ3) is 2.11. The molecule has 6 nitrogen and oxygen atoms in total. The predicted octanol–water partition coefficient (Wildman–Crippen LogP) is -0.386. The number of ether oxygens (including phenoxy) is 1. The van der Waals surface area contributed by atoms with E-state index in [0.717, 1.165) is 10.9 Å². The second-order valence-electron chi connectivity index (χ2n) is 5.04. The summed E-state index contributed by atoms with van der Waals surface area (Å²) >= 11 is 0. The van der Waals surface area contributed by atoms with Gasteiger partial charge in [0.1, 0.15) is 24.4 Å². The summed E-state index contributed by atoms with van der Waals surface area (Å²) in [6.07, 6.45) is -4.27. The number of hydrogen-bond donors (Lipinski definition) is 4. The molecule has 1 saturated heterocycles. The quantitative estimate of drug-likeness (QED) is 0.601. The molecule has 1 aliphatic rings.